The zero-order chi connectivity index (χ0) is 21.9. The average Bonchev–Trinajstić information content (AvgIpc) is 2.79. The number of rotatable bonds is 12. The minimum Gasteiger partial charge on any atom is -0.241 e. The van der Waals surface area contributed by atoms with Crippen LogP contribution in [0.5, 0.6) is 0 Å². The Labute approximate surface area is 191 Å². The summed E-state index contributed by atoms with van der Waals surface area (Å²) in [7, 11) is 0. The van der Waals surface area contributed by atoms with Gasteiger partial charge < -0.3 is 0 Å². The van der Waals surface area contributed by atoms with E-state index >= 15 is 0 Å². The van der Waals surface area contributed by atoms with Crippen LogP contribution in [0.15, 0.2) is 30.6 Å². The van der Waals surface area contributed by atoms with Gasteiger partial charge in [0.05, 0.1) is 0 Å². The lowest BCUT2D eigenvalue weighted by Crippen LogP contribution is -2.15. The molecule has 1 saturated carbocycles. The van der Waals surface area contributed by atoms with Crippen molar-refractivity contribution in [3.05, 3.63) is 47.5 Å². The summed E-state index contributed by atoms with van der Waals surface area (Å²) in [5, 5.41) is 0. The second-order valence-corrected chi connectivity index (χ2v) is 9.92. The van der Waals surface area contributed by atoms with Crippen LogP contribution in [-0.2, 0) is 12.8 Å². The van der Waals surface area contributed by atoms with Crippen molar-refractivity contribution in [1.29, 1.82) is 0 Å². The predicted octanol–water partition coefficient (Wildman–Crippen LogP) is 8.50. The summed E-state index contributed by atoms with van der Waals surface area (Å²) < 4.78 is 0. The Morgan fingerprint density at radius 3 is 2.06 bits per heavy atom. The normalized spacial score (nSPS) is 18.9. The van der Waals surface area contributed by atoms with Gasteiger partial charge in [0, 0.05) is 24.4 Å². The van der Waals surface area contributed by atoms with E-state index in [1.807, 2.05) is 12.4 Å². The molecule has 0 N–H and O–H groups in total. The van der Waals surface area contributed by atoms with Crippen molar-refractivity contribution >= 4 is 0 Å². The third-order valence-electron chi connectivity index (χ3n) is 7.33. The van der Waals surface area contributed by atoms with Crippen LogP contribution in [0.2, 0.25) is 0 Å². The molecule has 0 saturated heterocycles. The van der Waals surface area contributed by atoms with E-state index in [0.29, 0.717) is 0 Å². The molecule has 0 aliphatic heterocycles. The van der Waals surface area contributed by atoms with Crippen LogP contribution in [0.25, 0.3) is 11.1 Å². The minimum atomic E-state index is 0.883. The maximum Gasteiger partial charge on any atom is 0.128 e. The van der Waals surface area contributed by atoms with E-state index in [0.717, 1.165) is 29.6 Å². The smallest absolute Gasteiger partial charge is 0.128 e. The van der Waals surface area contributed by atoms with Gasteiger partial charge in [-0.2, -0.15) is 0 Å². The summed E-state index contributed by atoms with van der Waals surface area (Å²) in [5.41, 5.74) is 5.20. The molecule has 170 valence electrons. The molecule has 1 aliphatic rings. The van der Waals surface area contributed by atoms with E-state index < -0.39 is 0 Å². The highest BCUT2D eigenvalue weighted by atomic mass is 14.9. The molecule has 1 fully saturated rings. The van der Waals surface area contributed by atoms with Crippen molar-refractivity contribution in [3.63, 3.8) is 0 Å². The molecule has 2 nitrogen and oxygen atoms in total. The summed E-state index contributed by atoms with van der Waals surface area (Å²) in [6.07, 6.45) is 22.8. The second-order valence-electron chi connectivity index (χ2n) is 9.92. The Hall–Kier alpha value is -1.70. The molecular formula is C29H44N2. The fraction of sp³-hybridized carbons (Fsp3) is 0.655. The third-order valence-corrected chi connectivity index (χ3v) is 7.33. The van der Waals surface area contributed by atoms with Crippen molar-refractivity contribution in [2.24, 2.45) is 11.8 Å². The molecule has 1 aliphatic carbocycles. The van der Waals surface area contributed by atoms with Crippen molar-refractivity contribution in [1.82, 2.24) is 9.97 Å². The highest BCUT2D eigenvalue weighted by Gasteiger charge is 2.21. The lowest BCUT2D eigenvalue weighted by atomic mass is 9.78. The van der Waals surface area contributed by atoms with Gasteiger partial charge in [-0.15, -0.1) is 0 Å². The Morgan fingerprint density at radius 1 is 0.774 bits per heavy atom. The first kappa shape index (κ1) is 24.0. The molecule has 1 heterocycles. The molecule has 3 rings (SSSR count). The van der Waals surface area contributed by atoms with Gasteiger partial charge in [0.2, 0.25) is 0 Å². The Balaban J connectivity index is 1.45. The summed E-state index contributed by atoms with van der Waals surface area (Å²) in [6, 6.07) is 6.88. The molecule has 2 heteroatoms. The maximum atomic E-state index is 4.72. The molecule has 1 aromatic carbocycles. The average molecular weight is 421 g/mol. The maximum absolute atomic E-state index is 4.72. The number of hydrogen-bond acceptors (Lipinski definition) is 2. The summed E-state index contributed by atoms with van der Waals surface area (Å²) in [5.74, 6) is 2.90. The van der Waals surface area contributed by atoms with Gasteiger partial charge in [-0.1, -0.05) is 96.3 Å². The van der Waals surface area contributed by atoms with Gasteiger partial charge in [0.25, 0.3) is 0 Å². The van der Waals surface area contributed by atoms with E-state index in [1.165, 1.54) is 100 Å². The molecular weight excluding hydrogens is 376 g/mol. The van der Waals surface area contributed by atoms with Gasteiger partial charge in [0.1, 0.15) is 5.82 Å². The zero-order valence-electron chi connectivity index (χ0n) is 20.3. The SMILES string of the molecule is CCCCCc1ccc(-c2cnc(CC[C@H]3CC[C@H](CCCCC)CC3)nc2)c(C)c1. The van der Waals surface area contributed by atoms with E-state index in [-0.39, 0.29) is 0 Å². The molecule has 0 spiro atoms. The van der Waals surface area contributed by atoms with Gasteiger partial charge in [-0.25, -0.2) is 9.97 Å². The van der Waals surface area contributed by atoms with Crippen molar-refractivity contribution < 1.29 is 0 Å². The topological polar surface area (TPSA) is 25.8 Å². The first-order valence-corrected chi connectivity index (χ1v) is 13.1. The molecule has 0 amide bonds. The molecule has 1 aromatic heterocycles. The molecule has 31 heavy (non-hydrogen) atoms. The lowest BCUT2D eigenvalue weighted by Gasteiger charge is -2.28. The molecule has 2 aromatic rings. The molecule has 0 bridgehead atoms. The van der Waals surface area contributed by atoms with Crippen LogP contribution >= 0.6 is 0 Å². The molecule has 0 unspecified atom stereocenters. The zero-order valence-corrected chi connectivity index (χ0v) is 20.3. The molecule has 0 radical (unpaired) electrons. The van der Waals surface area contributed by atoms with Crippen LogP contribution in [0, 0.1) is 18.8 Å². The van der Waals surface area contributed by atoms with Crippen LogP contribution in [0.3, 0.4) is 0 Å². The van der Waals surface area contributed by atoms with Crippen molar-refractivity contribution in [3.8, 4) is 11.1 Å². The number of aryl methyl sites for hydroxylation is 3. The van der Waals surface area contributed by atoms with Crippen LogP contribution < -0.4 is 0 Å². The highest BCUT2D eigenvalue weighted by molar-refractivity contribution is 5.66. The Bertz CT molecular complexity index is 757. The minimum absolute atomic E-state index is 0.883. The van der Waals surface area contributed by atoms with Crippen LogP contribution in [-0.4, -0.2) is 9.97 Å². The summed E-state index contributed by atoms with van der Waals surface area (Å²) in [6.45, 7) is 6.78. The number of hydrogen-bond donors (Lipinski definition) is 0. The second kappa shape index (κ2) is 13.0. The molecule has 0 atom stereocenters. The largest absolute Gasteiger partial charge is 0.241 e. The predicted molar refractivity (Wildman–Crippen MR) is 133 cm³/mol. The van der Waals surface area contributed by atoms with Crippen LogP contribution in [0.1, 0.15) is 108 Å². The van der Waals surface area contributed by atoms with Crippen LogP contribution in [0.4, 0.5) is 0 Å². The van der Waals surface area contributed by atoms with Crippen molar-refractivity contribution in [2.75, 3.05) is 0 Å². The first-order valence-electron chi connectivity index (χ1n) is 13.1. The number of unbranched alkanes of at least 4 members (excludes halogenated alkanes) is 4. The van der Waals surface area contributed by atoms with E-state index in [9.17, 15) is 0 Å². The number of nitrogens with zero attached hydrogens (tertiary/aromatic N) is 2. The van der Waals surface area contributed by atoms with Gasteiger partial charge >= 0.3 is 0 Å². The monoisotopic (exact) mass is 420 g/mol. The fourth-order valence-corrected chi connectivity index (χ4v) is 5.23. The first-order chi connectivity index (χ1) is 15.2. The summed E-state index contributed by atoms with van der Waals surface area (Å²) >= 11 is 0. The number of aromatic nitrogens is 2. The third kappa shape index (κ3) is 7.74. The standard InChI is InChI=1S/C29H44N2/c1-4-6-8-10-24-12-14-25(15-13-24)17-19-29-30-21-27(22-31-29)28-18-16-26(20-23(28)3)11-9-7-5-2/h16,18,20-22,24-25H,4-15,17,19H2,1-3H3/t24-,25-. The van der Waals surface area contributed by atoms with Crippen molar-refractivity contribution in [2.45, 2.75) is 111 Å². The summed E-state index contributed by atoms with van der Waals surface area (Å²) in [4.78, 5) is 9.43. The number of benzene rings is 1. The van der Waals surface area contributed by atoms with E-state index in [2.05, 4.69) is 39.0 Å². The Morgan fingerprint density at radius 2 is 1.42 bits per heavy atom. The fourth-order valence-electron chi connectivity index (χ4n) is 5.23. The lowest BCUT2D eigenvalue weighted by molar-refractivity contribution is 0.248. The van der Waals surface area contributed by atoms with Gasteiger partial charge in [-0.05, 0) is 54.7 Å². The van der Waals surface area contributed by atoms with E-state index in [4.69, 9.17) is 9.97 Å². The highest BCUT2D eigenvalue weighted by Crippen LogP contribution is 2.34. The quantitative estimate of drug-likeness (QED) is 0.322. The Kier molecular flexibility index (Phi) is 10.0. The van der Waals surface area contributed by atoms with Gasteiger partial charge in [-0.3, -0.25) is 0 Å². The van der Waals surface area contributed by atoms with Gasteiger partial charge in [0.15, 0.2) is 0 Å². The van der Waals surface area contributed by atoms with E-state index in [1.54, 1.807) is 0 Å².